The molecular weight excluding hydrogens is 254 g/mol. The second-order valence-corrected chi connectivity index (χ2v) is 4.80. The summed E-state index contributed by atoms with van der Waals surface area (Å²) in [6.07, 6.45) is 0. The molecule has 1 N–H and O–H groups in total. The zero-order valence-corrected chi connectivity index (χ0v) is 10.7. The molecule has 0 saturated carbocycles. The van der Waals surface area contributed by atoms with Crippen LogP contribution in [0.2, 0.25) is 0 Å². The summed E-state index contributed by atoms with van der Waals surface area (Å²) in [6, 6.07) is 2.98. The first kappa shape index (κ1) is 14.6. The largest absolute Gasteiger partial charge is 0.478 e. The summed E-state index contributed by atoms with van der Waals surface area (Å²) >= 11 is 0. The summed E-state index contributed by atoms with van der Waals surface area (Å²) in [5, 5.41) is 19.7. The molecule has 0 aliphatic carbocycles. The number of esters is 1. The summed E-state index contributed by atoms with van der Waals surface area (Å²) < 4.78 is 5.01. The number of carbonyl (C=O) groups is 2. The van der Waals surface area contributed by atoms with Gasteiger partial charge in [0.25, 0.3) is 5.69 Å². The van der Waals surface area contributed by atoms with Gasteiger partial charge in [0.15, 0.2) is 0 Å². The number of hydrogen-bond acceptors (Lipinski definition) is 5. The third-order valence-corrected chi connectivity index (χ3v) is 2.06. The summed E-state index contributed by atoms with van der Waals surface area (Å²) in [4.78, 5) is 32.7. The van der Waals surface area contributed by atoms with Gasteiger partial charge < -0.3 is 9.84 Å². The maximum atomic E-state index is 11.8. The third kappa shape index (κ3) is 3.77. The van der Waals surface area contributed by atoms with E-state index in [1.807, 2.05) is 0 Å². The van der Waals surface area contributed by atoms with Gasteiger partial charge >= 0.3 is 11.9 Å². The fourth-order valence-electron chi connectivity index (χ4n) is 1.32. The number of nitro benzene ring substituents is 1. The van der Waals surface area contributed by atoms with Crippen LogP contribution >= 0.6 is 0 Å². The highest BCUT2D eigenvalue weighted by atomic mass is 16.6. The molecule has 0 spiro atoms. The molecule has 0 bridgehead atoms. The van der Waals surface area contributed by atoms with Crippen LogP contribution in [0, 0.1) is 10.1 Å². The van der Waals surface area contributed by atoms with Gasteiger partial charge in [-0.05, 0) is 32.9 Å². The number of ether oxygens (including phenoxy) is 1. The van der Waals surface area contributed by atoms with Gasteiger partial charge in [0.1, 0.15) is 11.2 Å². The molecule has 1 aromatic carbocycles. The molecule has 0 amide bonds. The lowest BCUT2D eigenvalue weighted by atomic mass is 10.1. The van der Waals surface area contributed by atoms with Crippen molar-refractivity contribution in [2.45, 2.75) is 26.4 Å². The number of carbonyl (C=O) groups excluding carboxylic acids is 1. The molecule has 0 radical (unpaired) electrons. The minimum Gasteiger partial charge on any atom is -0.478 e. The predicted octanol–water partition coefficient (Wildman–Crippen LogP) is 2.25. The van der Waals surface area contributed by atoms with E-state index in [1.165, 1.54) is 0 Å². The minimum atomic E-state index is -1.28. The molecule has 0 heterocycles. The van der Waals surface area contributed by atoms with Crippen molar-refractivity contribution in [3.05, 3.63) is 39.4 Å². The monoisotopic (exact) mass is 267 g/mol. The van der Waals surface area contributed by atoms with Crippen molar-refractivity contribution in [3.63, 3.8) is 0 Å². The van der Waals surface area contributed by atoms with Crippen LogP contribution in [0.1, 0.15) is 41.5 Å². The molecule has 7 heteroatoms. The molecule has 0 aliphatic rings. The molecule has 0 aliphatic heterocycles. The van der Waals surface area contributed by atoms with Crippen LogP contribution in [0.3, 0.4) is 0 Å². The molecule has 0 saturated heterocycles. The molecule has 0 atom stereocenters. The molecule has 102 valence electrons. The molecule has 0 fully saturated rings. The molecule has 1 aromatic rings. The van der Waals surface area contributed by atoms with Crippen LogP contribution in [0.5, 0.6) is 0 Å². The molecule has 19 heavy (non-hydrogen) atoms. The second-order valence-electron chi connectivity index (χ2n) is 4.80. The topological polar surface area (TPSA) is 107 Å². The van der Waals surface area contributed by atoms with E-state index in [0.717, 1.165) is 18.2 Å². The smallest absolute Gasteiger partial charge is 0.345 e. The van der Waals surface area contributed by atoms with Crippen molar-refractivity contribution in [3.8, 4) is 0 Å². The van der Waals surface area contributed by atoms with Crippen LogP contribution in [0.4, 0.5) is 5.69 Å². The average molecular weight is 267 g/mol. The fraction of sp³-hybridized carbons (Fsp3) is 0.333. The van der Waals surface area contributed by atoms with Gasteiger partial charge in [-0.1, -0.05) is 0 Å². The fourth-order valence-corrected chi connectivity index (χ4v) is 1.32. The molecule has 1 rings (SSSR count). The lowest BCUT2D eigenvalue weighted by Gasteiger charge is -2.19. The molecular formula is C12H13NO6. The maximum absolute atomic E-state index is 11.8. The number of carboxylic acids is 1. The molecule has 7 nitrogen and oxygen atoms in total. The van der Waals surface area contributed by atoms with Crippen molar-refractivity contribution in [1.82, 2.24) is 0 Å². The summed E-state index contributed by atoms with van der Waals surface area (Å²) in [6.45, 7) is 4.83. The number of nitro groups is 1. The highest BCUT2D eigenvalue weighted by Gasteiger charge is 2.26. The van der Waals surface area contributed by atoms with E-state index < -0.39 is 28.2 Å². The molecule has 0 unspecified atom stereocenters. The number of aromatic carboxylic acids is 1. The zero-order valence-electron chi connectivity index (χ0n) is 10.7. The SMILES string of the molecule is CC(C)(C)OC(=O)c1cc(C(=O)O)ccc1[N+](=O)[O-]. The summed E-state index contributed by atoms with van der Waals surface area (Å²) in [7, 11) is 0. The summed E-state index contributed by atoms with van der Waals surface area (Å²) in [5.41, 5.74) is -1.91. The average Bonchev–Trinajstić information content (AvgIpc) is 2.25. The standard InChI is InChI=1S/C12H13NO6/c1-12(2,3)19-11(16)8-6-7(10(14)15)4-5-9(8)13(17)18/h4-6H,1-3H3,(H,14,15). The Labute approximate surface area is 109 Å². The lowest BCUT2D eigenvalue weighted by molar-refractivity contribution is -0.385. The quantitative estimate of drug-likeness (QED) is 0.511. The normalized spacial score (nSPS) is 10.9. The highest BCUT2D eigenvalue weighted by Crippen LogP contribution is 2.23. The number of carboxylic acid groups (broad SMARTS) is 1. The van der Waals surface area contributed by atoms with Crippen LogP contribution < -0.4 is 0 Å². The van der Waals surface area contributed by atoms with E-state index in [-0.39, 0.29) is 11.1 Å². The first-order chi connectivity index (χ1) is 8.61. The predicted molar refractivity (Wildman–Crippen MR) is 65.2 cm³/mol. The second kappa shape index (κ2) is 5.05. The number of hydrogen-bond donors (Lipinski definition) is 1. The zero-order chi connectivity index (χ0) is 14.8. The van der Waals surface area contributed by atoms with E-state index in [1.54, 1.807) is 20.8 Å². The highest BCUT2D eigenvalue weighted by molar-refractivity contribution is 5.98. The first-order valence-electron chi connectivity index (χ1n) is 5.37. The van der Waals surface area contributed by atoms with Crippen LogP contribution in [0.15, 0.2) is 18.2 Å². The Balaban J connectivity index is 3.29. The number of benzene rings is 1. The van der Waals surface area contributed by atoms with Crippen molar-refractivity contribution >= 4 is 17.6 Å². The Morgan fingerprint density at radius 2 is 1.89 bits per heavy atom. The van der Waals surface area contributed by atoms with Crippen molar-refractivity contribution in [2.75, 3.05) is 0 Å². The Kier molecular flexibility index (Phi) is 3.89. The van der Waals surface area contributed by atoms with Crippen LogP contribution in [-0.4, -0.2) is 27.6 Å². The Morgan fingerprint density at radius 1 is 1.32 bits per heavy atom. The van der Waals surface area contributed by atoms with Gasteiger partial charge in [0.05, 0.1) is 10.5 Å². The van der Waals surface area contributed by atoms with Crippen LogP contribution in [-0.2, 0) is 4.74 Å². The van der Waals surface area contributed by atoms with Gasteiger partial charge in [0, 0.05) is 6.07 Å². The van der Waals surface area contributed by atoms with E-state index in [9.17, 15) is 19.7 Å². The van der Waals surface area contributed by atoms with Gasteiger partial charge in [-0.25, -0.2) is 9.59 Å². The van der Waals surface area contributed by atoms with Crippen LogP contribution in [0.25, 0.3) is 0 Å². The Bertz CT molecular complexity index is 544. The first-order valence-corrected chi connectivity index (χ1v) is 5.37. The lowest BCUT2D eigenvalue weighted by Crippen LogP contribution is -2.24. The van der Waals surface area contributed by atoms with Gasteiger partial charge in [-0.15, -0.1) is 0 Å². The van der Waals surface area contributed by atoms with E-state index >= 15 is 0 Å². The maximum Gasteiger partial charge on any atom is 0.345 e. The van der Waals surface area contributed by atoms with Gasteiger partial charge in [0.2, 0.25) is 0 Å². The van der Waals surface area contributed by atoms with Crippen molar-refractivity contribution < 1.29 is 24.4 Å². The summed E-state index contributed by atoms with van der Waals surface area (Å²) in [5.74, 6) is -2.21. The van der Waals surface area contributed by atoms with Crippen molar-refractivity contribution in [2.24, 2.45) is 0 Å². The van der Waals surface area contributed by atoms with E-state index in [0.29, 0.717) is 0 Å². The van der Waals surface area contributed by atoms with E-state index in [2.05, 4.69) is 0 Å². The van der Waals surface area contributed by atoms with E-state index in [4.69, 9.17) is 9.84 Å². The number of rotatable bonds is 3. The Morgan fingerprint density at radius 3 is 2.32 bits per heavy atom. The Hall–Kier alpha value is -2.44. The molecule has 0 aromatic heterocycles. The minimum absolute atomic E-state index is 0.216. The number of nitrogens with zero attached hydrogens (tertiary/aromatic N) is 1. The van der Waals surface area contributed by atoms with Gasteiger partial charge in [-0.2, -0.15) is 0 Å². The van der Waals surface area contributed by atoms with Crippen molar-refractivity contribution in [1.29, 1.82) is 0 Å². The third-order valence-electron chi connectivity index (χ3n) is 2.06. The van der Waals surface area contributed by atoms with Gasteiger partial charge in [-0.3, -0.25) is 10.1 Å².